The molecule has 1 atom stereocenters. The molecule has 1 fully saturated rings. The second-order valence-corrected chi connectivity index (χ2v) is 10.6. The Morgan fingerprint density at radius 1 is 1.21 bits per heavy atom. The zero-order valence-corrected chi connectivity index (χ0v) is 22.4. The van der Waals surface area contributed by atoms with Gasteiger partial charge in [0.15, 0.2) is 5.78 Å². The number of benzene rings is 1. The van der Waals surface area contributed by atoms with E-state index < -0.39 is 23.1 Å². The maximum absolute atomic E-state index is 14.7. The number of carbonyl (C=O) groups excluding carboxylic acids is 3. The lowest BCUT2D eigenvalue weighted by Crippen LogP contribution is -2.47. The normalized spacial score (nSPS) is 18.1. The molecule has 3 aromatic rings. The highest BCUT2D eigenvalue weighted by Crippen LogP contribution is 2.36. The van der Waals surface area contributed by atoms with Crippen LogP contribution in [-0.2, 0) is 15.1 Å². The largest absolute Gasteiger partial charge is 0.443 e. The van der Waals surface area contributed by atoms with E-state index in [4.69, 9.17) is 14.2 Å². The number of imidazole rings is 1. The van der Waals surface area contributed by atoms with Crippen molar-refractivity contribution in [2.24, 2.45) is 0 Å². The molecule has 1 saturated heterocycles. The average molecular weight is 537 g/mol. The highest BCUT2D eigenvalue weighted by atomic mass is 19.1. The number of hydrogen-bond acceptors (Lipinski definition) is 7. The van der Waals surface area contributed by atoms with Gasteiger partial charge in [0.2, 0.25) is 5.91 Å². The number of halogens is 1. The number of amides is 1. The Kier molecular flexibility index (Phi) is 8.42. The molecular weight excluding hydrogens is 503 g/mol. The van der Waals surface area contributed by atoms with Gasteiger partial charge in [-0.2, -0.15) is 0 Å². The third-order valence-corrected chi connectivity index (χ3v) is 6.40. The Hall–Kier alpha value is -4.08. The van der Waals surface area contributed by atoms with E-state index in [-0.39, 0.29) is 40.9 Å². The van der Waals surface area contributed by atoms with Crippen molar-refractivity contribution in [1.82, 2.24) is 20.0 Å². The van der Waals surface area contributed by atoms with Gasteiger partial charge < -0.3 is 14.6 Å². The van der Waals surface area contributed by atoms with Crippen LogP contribution in [0.3, 0.4) is 0 Å². The lowest BCUT2D eigenvalue weighted by Gasteiger charge is -2.32. The molecule has 4 rings (SSSR count). The minimum atomic E-state index is -1.04. The second kappa shape index (κ2) is 11.8. The minimum absolute atomic E-state index is 0.138. The van der Waals surface area contributed by atoms with Crippen molar-refractivity contribution in [2.75, 3.05) is 0 Å². The maximum atomic E-state index is 14.7. The molecule has 0 saturated carbocycles. The van der Waals surface area contributed by atoms with Gasteiger partial charge in [0, 0.05) is 30.7 Å². The summed E-state index contributed by atoms with van der Waals surface area (Å²) in [5.74, 6) is -0.503. The topological polar surface area (TPSA) is 116 Å². The van der Waals surface area contributed by atoms with Gasteiger partial charge in [0.1, 0.15) is 34.7 Å². The van der Waals surface area contributed by atoms with Crippen LogP contribution in [-0.4, -0.2) is 38.1 Å². The van der Waals surface area contributed by atoms with E-state index in [0.717, 1.165) is 0 Å². The van der Waals surface area contributed by atoms with Gasteiger partial charge in [-0.15, -0.1) is 0 Å². The molecule has 206 valence electrons. The molecule has 9 nitrogen and oxygen atoms in total. The molecule has 0 aliphatic carbocycles. The Labute approximate surface area is 226 Å². The fourth-order valence-corrected chi connectivity index (χ4v) is 4.58. The molecule has 39 heavy (non-hydrogen) atoms. The van der Waals surface area contributed by atoms with E-state index in [1.54, 1.807) is 39.0 Å². The minimum Gasteiger partial charge on any atom is -0.443 e. The number of ether oxygens (including phenoxy) is 1. The number of ketones is 1. The summed E-state index contributed by atoms with van der Waals surface area (Å²) in [5, 5.41) is 6.77. The maximum Gasteiger partial charge on any atom is 0.420 e. The quantitative estimate of drug-likeness (QED) is 0.279. The van der Waals surface area contributed by atoms with Crippen molar-refractivity contribution < 1.29 is 28.0 Å². The predicted molar refractivity (Wildman–Crippen MR) is 141 cm³/mol. The van der Waals surface area contributed by atoms with Gasteiger partial charge in [0.25, 0.3) is 0 Å². The fraction of sp³-hybridized carbons (Fsp3) is 0.414. The van der Waals surface area contributed by atoms with Crippen LogP contribution in [0.25, 0.3) is 11.3 Å². The van der Waals surface area contributed by atoms with Gasteiger partial charge >= 0.3 is 6.09 Å². The van der Waals surface area contributed by atoms with Gasteiger partial charge in [0.05, 0.1) is 5.69 Å². The van der Waals surface area contributed by atoms with Crippen LogP contribution in [0.5, 0.6) is 0 Å². The number of nitrogens with one attached hydrogen (secondary N) is 1. The number of rotatable bonds is 8. The summed E-state index contributed by atoms with van der Waals surface area (Å²) in [6, 6.07) is 7.71. The van der Waals surface area contributed by atoms with E-state index in [1.165, 1.54) is 29.2 Å². The third kappa shape index (κ3) is 6.87. The Bertz CT molecular complexity index is 1360. The van der Waals surface area contributed by atoms with E-state index in [9.17, 15) is 18.8 Å². The number of hydrogen-bond donors (Lipinski definition) is 1. The number of allylic oxidation sites excluding steroid dienone is 1. The van der Waals surface area contributed by atoms with Crippen LogP contribution in [0.2, 0.25) is 0 Å². The van der Waals surface area contributed by atoms with Crippen LogP contribution in [0, 0.1) is 5.82 Å². The second-order valence-electron chi connectivity index (χ2n) is 10.6. The molecule has 1 unspecified atom stereocenters. The third-order valence-electron chi connectivity index (χ3n) is 6.40. The monoisotopic (exact) mass is 536 g/mol. The molecule has 2 aromatic heterocycles. The zero-order valence-electron chi connectivity index (χ0n) is 22.4. The van der Waals surface area contributed by atoms with Crippen molar-refractivity contribution in [3.63, 3.8) is 0 Å². The first-order chi connectivity index (χ1) is 18.6. The van der Waals surface area contributed by atoms with E-state index in [1.807, 2.05) is 12.2 Å². The van der Waals surface area contributed by atoms with Crippen molar-refractivity contribution in [1.29, 1.82) is 0 Å². The Balaban J connectivity index is 1.69. The van der Waals surface area contributed by atoms with E-state index in [2.05, 4.69) is 10.5 Å². The summed E-state index contributed by atoms with van der Waals surface area (Å²) in [7, 11) is 0. The molecule has 1 N–H and O–H groups in total. The summed E-state index contributed by atoms with van der Waals surface area (Å²) >= 11 is 0. The smallest absolute Gasteiger partial charge is 0.420 e. The van der Waals surface area contributed by atoms with Crippen LogP contribution in [0.1, 0.15) is 82.0 Å². The summed E-state index contributed by atoms with van der Waals surface area (Å²) in [6.45, 7) is 5.27. The van der Waals surface area contributed by atoms with Gasteiger partial charge in [-0.05, 0) is 58.6 Å². The first kappa shape index (κ1) is 27.9. The molecule has 1 amide bonds. The van der Waals surface area contributed by atoms with Crippen molar-refractivity contribution in [2.45, 2.75) is 76.9 Å². The molecular formula is C29H33FN4O5. The first-order valence-corrected chi connectivity index (χ1v) is 13.1. The molecule has 3 heterocycles. The summed E-state index contributed by atoms with van der Waals surface area (Å²) < 4.78 is 26.4. The van der Waals surface area contributed by atoms with Crippen molar-refractivity contribution >= 4 is 17.8 Å². The molecule has 1 aliphatic rings. The van der Waals surface area contributed by atoms with Gasteiger partial charge in [-0.1, -0.05) is 35.9 Å². The van der Waals surface area contributed by atoms with Crippen LogP contribution >= 0.6 is 0 Å². The molecule has 0 spiro atoms. The SMILES string of the molecule is CC(C)(C)OC(=O)n1cc(-c2ccccc2F)nc1C1(C/C=C/CCC(=O)c2ccon2)CCCCC(=O)N1. The summed E-state index contributed by atoms with van der Waals surface area (Å²) in [6.07, 6.45) is 9.15. The highest BCUT2D eigenvalue weighted by molar-refractivity contribution is 5.94. The number of aromatic nitrogens is 3. The average Bonchev–Trinajstić information content (AvgIpc) is 3.53. The summed E-state index contributed by atoms with van der Waals surface area (Å²) in [4.78, 5) is 43.1. The molecule has 0 bridgehead atoms. The van der Waals surface area contributed by atoms with Crippen molar-refractivity contribution in [3.8, 4) is 11.3 Å². The molecule has 10 heteroatoms. The van der Waals surface area contributed by atoms with Crippen LogP contribution < -0.4 is 5.32 Å². The lowest BCUT2D eigenvalue weighted by molar-refractivity contribution is -0.122. The van der Waals surface area contributed by atoms with Crippen LogP contribution in [0.4, 0.5) is 9.18 Å². The summed E-state index contributed by atoms with van der Waals surface area (Å²) in [5.41, 5.74) is -1.06. The van der Waals surface area contributed by atoms with Gasteiger partial charge in [-0.3, -0.25) is 9.59 Å². The van der Waals surface area contributed by atoms with Crippen molar-refractivity contribution in [3.05, 3.63) is 72.3 Å². The van der Waals surface area contributed by atoms with Gasteiger partial charge in [-0.25, -0.2) is 18.7 Å². The van der Waals surface area contributed by atoms with E-state index >= 15 is 0 Å². The molecule has 1 aliphatic heterocycles. The fourth-order valence-electron chi connectivity index (χ4n) is 4.58. The van der Waals surface area contributed by atoms with Crippen LogP contribution in [0.15, 0.2) is 59.5 Å². The molecule has 1 aromatic carbocycles. The first-order valence-electron chi connectivity index (χ1n) is 13.1. The zero-order chi connectivity index (χ0) is 28.0. The highest BCUT2D eigenvalue weighted by Gasteiger charge is 2.40. The Morgan fingerprint density at radius 2 is 2.00 bits per heavy atom. The predicted octanol–water partition coefficient (Wildman–Crippen LogP) is 5.96. The number of Topliss-reactive ketones (excluding diaryl/α,β-unsaturated/α-hetero) is 1. The van der Waals surface area contributed by atoms with E-state index in [0.29, 0.717) is 38.5 Å². The number of carbonyl (C=O) groups is 3. The number of nitrogens with zero attached hydrogens (tertiary/aromatic N) is 3. The molecule has 0 radical (unpaired) electrons. The lowest BCUT2D eigenvalue weighted by atomic mass is 9.88. The standard InChI is InChI=1S/C29H33FN4O5/c1-28(2,3)39-27(37)34-19-23(20-11-6-7-12-21(20)30)31-26(34)29(17-10-8-14-25(36)32-29)16-9-4-5-13-24(35)22-15-18-38-33-22/h4,6-7,9,11-12,15,18-19H,5,8,10,13-14,16-17H2,1-3H3,(H,32,36)/b9-4+. The Morgan fingerprint density at radius 3 is 2.72 bits per heavy atom.